The zero-order valence-electron chi connectivity index (χ0n) is 15.3. The molecule has 0 bridgehead atoms. The van der Waals surface area contributed by atoms with Crippen molar-refractivity contribution in [3.63, 3.8) is 0 Å². The van der Waals surface area contributed by atoms with Crippen LogP contribution in [0.3, 0.4) is 0 Å². The van der Waals surface area contributed by atoms with Crippen molar-refractivity contribution in [2.45, 2.75) is 25.3 Å². The maximum absolute atomic E-state index is 11.6. The Balaban J connectivity index is 2.05. The van der Waals surface area contributed by atoms with Crippen LogP contribution in [-0.2, 0) is 15.5 Å². The molecule has 2 aromatic carbocycles. The maximum atomic E-state index is 11.6. The van der Waals surface area contributed by atoms with Crippen molar-refractivity contribution in [2.75, 3.05) is 10.8 Å². The Morgan fingerprint density at radius 1 is 1.25 bits per heavy atom. The zero-order chi connectivity index (χ0) is 20.7. The van der Waals surface area contributed by atoms with Crippen LogP contribution in [0.5, 0.6) is 5.75 Å². The lowest BCUT2D eigenvalue weighted by Gasteiger charge is -2.31. The van der Waals surface area contributed by atoms with Crippen LogP contribution in [0.4, 0.5) is 11.4 Å². The average Bonchev–Trinajstić information content (AvgIpc) is 2.80. The maximum Gasteiger partial charge on any atom is 0.283 e. The number of nitro benzene ring substituents is 1. The quantitative estimate of drug-likeness (QED) is 0.445. The molecule has 0 saturated carbocycles. The highest BCUT2D eigenvalue weighted by atomic mass is 32.2. The molecule has 0 spiro atoms. The minimum atomic E-state index is -4.29. The van der Waals surface area contributed by atoms with Crippen molar-refractivity contribution in [1.82, 2.24) is 0 Å². The number of anilines is 1. The second-order valence-electron chi connectivity index (χ2n) is 7.22. The third-order valence-electron chi connectivity index (χ3n) is 4.97. The molecular weight excluding hydrogens is 384 g/mol. The molecule has 0 radical (unpaired) electrons. The fourth-order valence-corrected chi connectivity index (χ4v) is 4.27. The molecule has 1 heterocycles. The Kier molecular flexibility index (Phi) is 4.90. The second kappa shape index (κ2) is 6.92. The van der Waals surface area contributed by atoms with Crippen LogP contribution in [-0.4, -0.2) is 34.9 Å². The lowest BCUT2D eigenvalue weighted by Crippen LogP contribution is -2.42. The van der Waals surface area contributed by atoms with Gasteiger partial charge in [0.2, 0.25) is 0 Å². The molecule has 0 fully saturated rings. The number of fused-ring (bicyclic) bond motifs is 1. The molecule has 0 aromatic heterocycles. The lowest BCUT2D eigenvalue weighted by atomic mass is 9.80. The molecule has 3 rings (SSSR count). The number of aromatic hydroxyl groups is 1. The Bertz CT molecular complexity index is 1060. The summed E-state index contributed by atoms with van der Waals surface area (Å²) in [4.78, 5) is 12.0. The minimum Gasteiger partial charge on any atom is -0.507 e. The molecule has 1 unspecified atom stereocenters. The van der Waals surface area contributed by atoms with E-state index in [2.05, 4.69) is 0 Å². The van der Waals surface area contributed by atoms with E-state index in [-0.39, 0.29) is 17.0 Å². The van der Waals surface area contributed by atoms with Gasteiger partial charge in [-0.2, -0.15) is 8.42 Å². The van der Waals surface area contributed by atoms with Crippen LogP contribution in [0, 0.1) is 10.1 Å². The van der Waals surface area contributed by atoms with Crippen molar-refractivity contribution in [2.24, 2.45) is 0 Å². The lowest BCUT2D eigenvalue weighted by molar-refractivity contribution is -0.384. The normalized spacial score (nSPS) is 18.4. The van der Waals surface area contributed by atoms with Crippen LogP contribution in [0.15, 0.2) is 48.5 Å². The smallest absolute Gasteiger partial charge is 0.283 e. The Morgan fingerprint density at radius 2 is 1.93 bits per heavy atom. The standard InChI is InChI=1S/C19H20N2O6S/c1-19(2)15-5-3-4-6-16(15)20(12-28(25,26)27)18(19)10-7-13-11-14(21(23)24)8-9-17(13)22/h3-11,18,22H,12H2,1-2H3,(H,25,26,27)/b10-7+. The number of benzene rings is 2. The molecule has 8 nitrogen and oxygen atoms in total. The molecule has 9 heteroatoms. The minimum absolute atomic E-state index is 0.128. The molecule has 0 aliphatic carbocycles. The van der Waals surface area contributed by atoms with Gasteiger partial charge in [-0.1, -0.05) is 44.2 Å². The molecule has 1 aliphatic rings. The average molecular weight is 404 g/mol. The molecule has 148 valence electrons. The molecule has 2 aromatic rings. The summed E-state index contributed by atoms with van der Waals surface area (Å²) < 4.78 is 32.6. The molecular formula is C19H20N2O6S. The van der Waals surface area contributed by atoms with Crippen LogP contribution in [0.25, 0.3) is 6.08 Å². The second-order valence-corrected chi connectivity index (χ2v) is 8.65. The van der Waals surface area contributed by atoms with E-state index in [1.807, 2.05) is 26.0 Å². The van der Waals surface area contributed by atoms with Crippen LogP contribution in [0.1, 0.15) is 25.0 Å². The van der Waals surface area contributed by atoms with E-state index in [1.165, 1.54) is 24.3 Å². The number of hydrogen-bond donors (Lipinski definition) is 2. The van der Waals surface area contributed by atoms with E-state index in [0.717, 1.165) is 5.56 Å². The van der Waals surface area contributed by atoms with Crippen molar-refractivity contribution in [3.8, 4) is 5.75 Å². The third-order valence-corrected chi connectivity index (χ3v) is 5.57. The third kappa shape index (κ3) is 3.71. The van der Waals surface area contributed by atoms with Gasteiger partial charge in [0, 0.05) is 28.8 Å². The van der Waals surface area contributed by atoms with Gasteiger partial charge < -0.3 is 10.0 Å². The summed E-state index contributed by atoms with van der Waals surface area (Å²) >= 11 is 0. The fraction of sp³-hybridized carbons (Fsp3) is 0.263. The first-order chi connectivity index (χ1) is 13.0. The first kappa shape index (κ1) is 19.8. The van der Waals surface area contributed by atoms with Crippen LogP contribution >= 0.6 is 0 Å². The molecule has 28 heavy (non-hydrogen) atoms. The Labute approximate surface area is 162 Å². The van der Waals surface area contributed by atoms with E-state index >= 15 is 0 Å². The Morgan fingerprint density at radius 3 is 2.57 bits per heavy atom. The summed E-state index contributed by atoms with van der Waals surface area (Å²) in [6.45, 7) is 3.89. The summed E-state index contributed by atoms with van der Waals surface area (Å²) in [5.74, 6) is -0.722. The monoisotopic (exact) mass is 404 g/mol. The number of phenols is 1. The predicted molar refractivity (Wildman–Crippen MR) is 106 cm³/mol. The molecule has 1 atom stereocenters. The van der Waals surface area contributed by atoms with Gasteiger partial charge in [0.05, 0.1) is 11.0 Å². The first-order valence-electron chi connectivity index (χ1n) is 8.47. The zero-order valence-corrected chi connectivity index (χ0v) is 16.1. The van der Waals surface area contributed by atoms with Gasteiger partial charge in [0.25, 0.3) is 15.8 Å². The van der Waals surface area contributed by atoms with Crippen molar-refractivity contribution in [3.05, 3.63) is 69.8 Å². The van der Waals surface area contributed by atoms with E-state index in [4.69, 9.17) is 0 Å². The van der Waals surface area contributed by atoms with Crippen molar-refractivity contribution in [1.29, 1.82) is 0 Å². The van der Waals surface area contributed by atoms with Gasteiger partial charge >= 0.3 is 0 Å². The van der Waals surface area contributed by atoms with E-state index < -0.39 is 32.4 Å². The number of non-ortho nitro benzene ring substituents is 1. The van der Waals surface area contributed by atoms with Gasteiger partial charge in [-0.15, -0.1) is 0 Å². The summed E-state index contributed by atoms with van der Waals surface area (Å²) in [7, 11) is -4.29. The number of para-hydroxylation sites is 1. The van der Waals surface area contributed by atoms with E-state index in [0.29, 0.717) is 5.69 Å². The Hall–Kier alpha value is -2.91. The summed E-state index contributed by atoms with van der Waals surface area (Å²) in [5.41, 5.74) is 1.17. The van der Waals surface area contributed by atoms with Gasteiger partial charge in [-0.05, 0) is 17.7 Å². The number of rotatable bonds is 5. The van der Waals surface area contributed by atoms with Crippen molar-refractivity contribution >= 4 is 27.6 Å². The summed E-state index contributed by atoms with van der Waals surface area (Å²) in [6, 6.07) is 10.5. The number of nitrogens with zero attached hydrogens (tertiary/aromatic N) is 2. The van der Waals surface area contributed by atoms with E-state index in [9.17, 15) is 28.2 Å². The van der Waals surface area contributed by atoms with Crippen LogP contribution in [0.2, 0.25) is 0 Å². The fourth-order valence-electron chi connectivity index (χ4n) is 3.62. The highest BCUT2D eigenvalue weighted by molar-refractivity contribution is 7.85. The highest BCUT2D eigenvalue weighted by Crippen LogP contribution is 2.46. The number of phenolic OH excluding ortho intramolecular Hbond substituents is 1. The topological polar surface area (TPSA) is 121 Å². The number of hydrogen-bond acceptors (Lipinski definition) is 6. The van der Waals surface area contributed by atoms with Gasteiger partial charge in [0.1, 0.15) is 11.6 Å². The first-order valence-corrected chi connectivity index (χ1v) is 10.1. The molecule has 2 N–H and O–H groups in total. The SMILES string of the molecule is CC1(C)c2ccccc2N(CS(=O)(=O)O)C1/C=C/c1cc([N+](=O)[O-])ccc1O. The van der Waals surface area contributed by atoms with Gasteiger partial charge in [-0.3, -0.25) is 14.7 Å². The van der Waals surface area contributed by atoms with Gasteiger partial charge in [0.15, 0.2) is 0 Å². The van der Waals surface area contributed by atoms with E-state index in [1.54, 1.807) is 23.1 Å². The number of nitro groups is 1. The summed E-state index contributed by atoms with van der Waals surface area (Å²) in [5, 5.41) is 21.0. The predicted octanol–water partition coefficient (Wildman–Crippen LogP) is 3.33. The summed E-state index contributed by atoms with van der Waals surface area (Å²) in [6.07, 6.45) is 3.21. The molecule has 1 aliphatic heterocycles. The van der Waals surface area contributed by atoms with Crippen molar-refractivity contribution < 1.29 is 23.0 Å². The molecule has 0 saturated heterocycles. The largest absolute Gasteiger partial charge is 0.507 e. The van der Waals surface area contributed by atoms with Crippen LogP contribution < -0.4 is 4.90 Å². The van der Waals surface area contributed by atoms with Gasteiger partial charge in [-0.25, -0.2) is 0 Å². The molecule has 0 amide bonds. The highest BCUT2D eigenvalue weighted by Gasteiger charge is 2.44.